The molecule has 0 unspecified atom stereocenters. The van der Waals surface area contributed by atoms with Crippen LogP contribution < -0.4 is 4.74 Å². The number of aliphatic carboxylic acids is 1. The van der Waals surface area contributed by atoms with Crippen molar-refractivity contribution in [1.29, 1.82) is 0 Å². The van der Waals surface area contributed by atoms with E-state index >= 15 is 0 Å². The Morgan fingerprint density at radius 1 is 1.62 bits per heavy atom. The standard InChI is InChI=1S/C8H5Br2O3/c9-5-1-2-7(6(10)3-5)13-4-8(11)12/h1,3H,4H2,(H,11,12). The van der Waals surface area contributed by atoms with Crippen LogP contribution in [0.2, 0.25) is 0 Å². The summed E-state index contributed by atoms with van der Waals surface area (Å²) in [6.07, 6.45) is 0. The Balaban J connectivity index is 2.72. The molecule has 69 valence electrons. The monoisotopic (exact) mass is 307 g/mol. The lowest BCUT2D eigenvalue weighted by atomic mass is 10.3. The molecule has 0 atom stereocenters. The Morgan fingerprint density at radius 2 is 2.31 bits per heavy atom. The highest BCUT2D eigenvalue weighted by atomic mass is 79.9. The molecule has 1 aromatic carbocycles. The highest BCUT2D eigenvalue weighted by Crippen LogP contribution is 2.27. The minimum Gasteiger partial charge on any atom is -0.480 e. The van der Waals surface area contributed by atoms with Crippen molar-refractivity contribution < 1.29 is 14.6 Å². The first-order valence-electron chi connectivity index (χ1n) is 3.31. The van der Waals surface area contributed by atoms with Gasteiger partial charge in [0.15, 0.2) is 6.61 Å². The molecule has 5 heteroatoms. The molecular weight excluding hydrogens is 304 g/mol. The van der Waals surface area contributed by atoms with Gasteiger partial charge in [-0.3, -0.25) is 0 Å². The van der Waals surface area contributed by atoms with Gasteiger partial charge < -0.3 is 9.84 Å². The molecule has 1 radical (unpaired) electrons. The van der Waals surface area contributed by atoms with E-state index in [0.717, 1.165) is 4.47 Å². The minimum atomic E-state index is -1.01. The van der Waals surface area contributed by atoms with Crippen molar-refractivity contribution in [3.63, 3.8) is 0 Å². The summed E-state index contributed by atoms with van der Waals surface area (Å²) in [6, 6.07) is 6.19. The quantitative estimate of drug-likeness (QED) is 0.933. The third-order valence-corrected chi connectivity index (χ3v) is 2.21. The molecule has 3 nitrogen and oxygen atoms in total. The van der Waals surface area contributed by atoms with Gasteiger partial charge in [-0.25, -0.2) is 4.79 Å². The topological polar surface area (TPSA) is 46.5 Å². The maximum Gasteiger partial charge on any atom is 0.341 e. The van der Waals surface area contributed by atoms with Crippen LogP contribution in [0.15, 0.2) is 21.1 Å². The number of rotatable bonds is 3. The molecule has 0 fully saturated rings. The number of halogens is 2. The van der Waals surface area contributed by atoms with Gasteiger partial charge in [0.25, 0.3) is 0 Å². The first-order chi connectivity index (χ1) is 6.09. The van der Waals surface area contributed by atoms with Crippen LogP contribution in [0, 0.1) is 6.07 Å². The molecular formula is C8H5Br2O3. The van der Waals surface area contributed by atoms with Crippen molar-refractivity contribution in [3.05, 3.63) is 27.1 Å². The van der Waals surface area contributed by atoms with E-state index in [1.54, 1.807) is 12.1 Å². The summed E-state index contributed by atoms with van der Waals surface area (Å²) in [7, 11) is 0. The van der Waals surface area contributed by atoms with Crippen LogP contribution in [0.3, 0.4) is 0 Å². The molecule has 0 spiro atoms. The van der Waals surface area contributed by atoms with Crippen molar-refractivity contribution in [2.24, 2.45) is 0 Å². The van der Waals surface area contributed by atoms with Gasteiger partial charge >= 0.3 is 5.97 Å². The summed E-state index contributed by atoms with van der Waals surface area (Å²) in [5.74, 6) is -0.617. The zero-order valence-electron chi connectivity index (χ0n) is 6.38. The Morgan fingerprint density at radius 3 is 2.85 bits per heavy atom. The van der Waals surface area contributed by atoms with Crippen molar-refractivity contribution in [2.45, 2.75) is 0 Å². The van der Waals surface area contributed by atoms with Gasteiger partial charge in [0, 0.05) is 10.5 Å². The van der Waals surface area contributed by atoms with E-state index in [4.69, 9.17) is 9.84 Å². The summed E-state index contributed by atoms with van der Waals surface area (Å²) < 4.78 is 6.45. The molecule has 13 heavy (non-hydrogen) atoms. The number of carbonyl (C=O) groups is 1. The average molecular weight is 309 g/mol. The van der Waals surface area contributed by atoms with Crippen molar-refractivity contribution in [3.8, 4) is 5.75 Å². The van der Waals surface area contributed by atoms with Crippen molar-refractivity contribution >= 4 is 37.8 Å². The summed E-state index contributed by atoms with van der Waals surface area (Å²) in [5, 5.41) is 8.36. The van der Waals surface area contributed by atoms with Gasteiger partial charge in [-0.1, -0.05) is 15.9 Å². The molecule has 1 aromatic rings. The molecule has 0 bridgehead atoms. The van der Waals surface area contributed by atoms with Crippen LogP contribution in [0.25, 0.3) is 0 Å². The van der Waals surface area contributed by atoms with E-state index < -0.39 is 5.97 Å². The zero-order valence-corrected chi connectivity index (χ0v) is 9.55. The lowest BCUT2D eigenvalue weighted by molar-refractivity contribution is -0.139. The fourth-order valence-corrected chi connectivity index (χ4v) is 1.80. The van der Waals surface area contributed by atoms with Gasteiger partial charge in [-0.05, 0) is 28.1 Å². The van der Waals surface area contributed by atoms with E-state index in [1.165, 1.54) is 0 Å². The highest BCUT2D eigenvalue weighted by Gasteiger charge is 2.04. The second kappa shape index (κ2) is 4.62. The maximum atomic E-state index is 10.2. The smallest absolute Gasteiger partial charge is 0.341 e. The molecule has 1 N–H and O–H groups in total. The normalized spacial score (nSPS) is 9.69. The SMILES string of the molecule is O=C(O)COc1[c]cc(Br)cc1Br. The van der Waals surface area contributed by atoms with Crippen LogP contribution in [-0.2, 0) is 4.79 Å². The first kappa shape index (κ1) is 10.5. The second-order valence-corrected chi connectivity index (χ2v) is 3.95. The molecule has 0 saturated heterocycles. The molecule has 0 amide bonds. The number of hydrogen-bond acceptors (Lipinski definition) is 2. The number of ether oxygens (including phenoxy) is 1. The second-order valence-electron chi connectivity index (χ2n) is 2.18. The van der Waals surface area contributed by atoms with Crippen molar-refractivity contribution in [1.82, 2.24) is 0 Å². The summed E-state index contributed by atoms with van der Waals surface area (Å²) in [4.78, 5) is 10.2. The van der Waals surface area contributed by atoms with Crippen LogP contribution >= 0.6 is 31.9 Å². The molecule has 1 rings (SSSR count). The Hall–Kier alpha value is -0.550. The molecule has 0 aromatic heterocycles. The molecule has 0 aliphatic heterocycles. The zero-order chi connectivity index (χ0) is 9.84. The van der Waals surface area contributed by atoms with E-state index in [0.29, 0.717) is 10.2 Å². The van der Waals surface area contributed by atoms with E-state index in [1.807, 2.05) is 0 Å². The number of carboxylic acids is 1. The van der Waals surface area contributed by atoms with E-state index in [2.05, 4.69) is 37.9 Å². The number of benzene rings is 1. The predicted octanol–water partition coefficient (Wildman–Crippen LogP) is 2.48. The summed E-state index contributed by atoms with van der Waals surface area (Å²) >= 11 is 6.46. The van der Waals surface area contributed by atoms with Gasteiger partial charge in [0.1, 0.15) is 5.75 Å². The Labute approximate surface area is 92.0 Å². The molecule has 0 aliphatic carbocycles. The highest BCUT2D eigenvalue weighted by molar-refractivity contribution is 9.11. The van der Waals surface area contributed by atoms with Crippen LogP contribution in [0.4, 0.5) is 0 Å². The van der Waals surface area contributed by atoms with Crippen LogP contribution in [0.5, 0.6) is 5.75 Å². The summed E-state index contributed by atoms with van der Waals surface area (Å²) in [6.45, 7) is -0.364. The van der Waals surface area contributed by atoms with Crippen molar-refractivity contribution in [2.75, 3.05) is 6.61 Å². The third kappa shape index (κ3) is 3.36. The number of carboxylic acid groups (broad SMARTS) is 1. The maximum absolute atomic E-state index is 10.2. The van der Waals surface area contributed by atoms with Gasteiger partial charge in [-0.2, -0.15) is 0 Å². The minimum absolute atomic E-state index is 0.364. The van der Waals surface area contributed by atoms with Gasteiger partial charge in [0.2, 0.25) is 0 Å². The molecule has 0 heterocycles. The lowest BCUT2D eigenvalue weighted by Crippen LogP contribution is -2.09. The fraction of sp³-hybridized carbons (Fsp3) is 0.125. The predicted molar refractivity (Wildman–Crippen MR) is 53.8 cm³/mol. The molecule has 0 saturated carbocycles. The summed E-state index contributed by atoms with van der Waals surface area (Å²) in [5.41, 5.74) is 0. The Bertz CT molecular complexity index is 325. The fourth-order valence-electron chi connectivity index (χ4n) is 0.676. The Kier molecular flexibility index (Phi) is 3.74. The average Bonchev–Trinajstić information content (AvgIpc) is 2.02. The van der Waals surface area contributed by atoms with Gasteiger partial charge in [-0.15, -0.1) is 0 Å². The first-order valence-corrected chi connectivity index (χ1v) is 4.89. The largest absolute Gasteiger partial charge is 0.480 e. The lowest BCUT2D eigenvalue weighted by Gasteiger charge is -2.04. The van der Waals surface area contributed by atoms with E-state index in [-0.39, 0.29) is 6.61 Å². The van der Waals surface area contributed by atoms with E-state index in [9.17, 15) is 4.79 Å². The van der Waals surface area contributed by atoms with Gasteiger partial charge in [0.05, 0.1) is 4.47 Å². The third-order valence-electron chi connectivity index (χ3n) is 1.16. The molecule has 0 aliphatic rings. The number of hydrogen-bond donors (Lipinski definition) is 1. The van der Waals surface area contributed by atoms with Crippen LogP contribution in [-0.4, -0.2) is 17.7 Å². The van der Waals surface area contributed by atoms with Crippen LogP contribution in [0.1, 0.15) is 0 Å².